The maximum atomic E-state index is 12.8. The van der Waals surface area contributed by atoms with Gasteiger partial charge in [0.05, 0.1) is 17.9 Å². The highest BCUT2D eigenvalue weighted by Crippen LogP contribution is 2.40. The van der Waals surface area contributed by atoms with Crippen LogP contribution in [-0.2, 0) is 23.2 Å². The number of methoxy groups -OCH3 is 1. The van der Waals surface area contributed by atoms with E-state index in [9.17, 15) is 9.59 Å². The van der Waals surface area contributed by atoms with Crippen LogP contribution in [0.25, 0.3) is 11.1 Å². The molecule has 4 rings (SSSR count). The number of benzene rings is 2. The third-order valence-electron chi connectivity index (χ3n) is 5.30. The fourth-order valence-electron chi connectivity index (χ4n) is 3.50. The van der Waals surface area contributed by atoms with Gasteiger partial charge in [-0.1, -0.05) is 65.3 Å². The number of halogens is 2. The minimum atomic E-state index is -0.510. The summed E-state index contributed by atoms with van der Waals surface area (Å²) >= 11 is 14.7. The van der Waals surface area contributed by atoms with Crippen LogP contribution in [0.2, 0.25) is 10.0 Å². The minimum Gasteiger partial charge on any atom is -0.484 e. The van der Waals surface area contributed by atoms with Crippen LogP contribution in [0.15, 0.2) is 53.7 Å². The summed E-state index contributed by atoms with van der Waals surface area (Å²) in [5.41, 5.74) is 1.96. The molecule has 2 aromatic carbocycles. The first-order chi connectivity index (χ1) is 17.8. The Bertz CT molecular complexity index is 1440. The van der Waals surface area contributed by atoms with Crippen molar-refractivity contribution in [3.8, 4) is 16.9 Å². The van der Waals surface area contributed by atoms with E-state index in [4.69, 9.17) is 32.7 Å². The maximum Gasteiger partial charge on any atom is 0.341 e. The average Bonchev–Trinajstić information content (AvgIpc) is 3.41. The van der Waals surface area contributed by atoms with Gasteiger partial charge in [0.1, 0.15) is 22.9 Å². The third kappa shape index (κ3) is 6.27. The molecular weight excluding hydrogens is 555 g/mol. The molecule has 0 saturated heterocycles. The second-order valence-corrected chi connectivity index (χ2v) is 10.8. The van der Waals surface area contributed by atoms with Gasteiger partial charge in [-0.05, 0) is 24.6 Å². The van der Waals surface area contributed by atoms with Crippen LogP contribution in [0.1, 0.15) is 21.1 Å². The Balaban J connectivity index is 1.43. The number of aryl methyl sites for hydroxylation is 1. The van der Waals surface area contributed by atoms with Gasteiger partial charge in [-0.3, -0.25) is 4.79 Å². The molecule has 0 bridgehead atoms. The highest BCUT2D eigenvalue weighted by atomic mass is 35.5. The Hall–Kier alpha value is -3.05. The van der Waals surface area contributed by atoms with E-state index in [2.05, 4.69) is 15.5 Å². The van der Waals surface area contributed by atoms with Crippen LogP contribution < -0.4 is 10.1 Å². The molecule has 37 heavy (non-hydrogen) atoms. The molecule has 2 aromatic heterocycles. The van der Waals surface area contributed by atoms with Gasteiger partial charge >= 0.3 is 5.97 Å². The molecule has 2 heterocycles. The predicted molar refractivity (Wildman–Crippen MR) is 147 cm³/mol. The van der Waals surface area contributed by atoms with E-state index < -0.39 is 5.97 Å². The van der Waals surface area contributed by atoms with Crippen molar-refractivity contribution >= 4 is 63.2 Å². The number of aromatic nitrogens is 3. The number of carbonyl (C=O) groups is 2. The second-order valence-electron chi connectivity index (χ2n) is 7.75. The lowest BCUT2D eigenvalue weighted by atomic mass is 10.0. The highest BCUT2D eigenvalue weighted by Gasteiger charge is 2.25. The van der Waals surface area contributed by atoms with Gasteiger partial charge in [0.15, 0.2) is 11.0 Å². The first-order valence-electron chi connectivity index (χ1n) is 10.9. The summed E-state index contributed by atoms with van der Waals surface area (Å²) in [4.78, 5) is 26.3. The summed E-state index contributed by atoms with van der Waals surface area (Å²) < 4.78 is 12.5. The molecule has 1 N–H and O–H groups in total. The fraction of sp³-hybridized carbons (Fsp3) is 0.200. The van der Waals surface area contributed by atoms with Crippen LogP contribution in [-0.4, -0.2) is 39.5 Å². The van der Waals surface area contributed by atoms with Crippen molar-refractivity contribution in [3.63, 3.8) is 0 Å². The van der Waals surface area contributed by atoms with Crippen molar-refractivity contribution in [3.05, 3.63) is 74.8 Å². The van der Waals surface area contributed by atoms with E-state index >= 15 is 0 Å². The van der Waals surface area contributed by atoms with Crippen molar-refractivity contribution in [1.29, 1.82) is 0 Å². The number of amides is 1. The van der Waals surface area contributed by atoms with Gasteiger partial charge in [0.2, 0.25) is 5.91 Å². The van der Waals surface area contributed by atoms with Crippen molar-refractivity contribution in [2.45, 2.75) is 18.7 Å². The van der Waals surface area contributed by atoms with Gasteiger partial charge in [0.25, 0.3) is 0 Å². The summed E-state index contributed by atoms with van der Waals surface area (Å²) in [6.45, 7) is 2.03. The number of rotatable bonds is 9. The molecule has 0 aliphatic rings. The molecule has 0 aliphatic heterocycles. The first-order valence-corrected chi connectivity index (χ1v) is 13.5. The lowest BCUT2D eigenvalue weighted by Crippen LogP contribution is -2.16. The van der Waals surface area contributed by atoms with Crippen LogP contribution in [0.4, 0.5) is 5.00 Å². The van der Waals surface area contributed by atoms with Gasteiger partial charge in [0, 0.05) is 28.6 Å². The second kappa shape index (κ2) is 12.0. The number of ether oxygens (including phenoxy) is 2. The van der Waals surface area contributed by atoms with Gasteiger partial charge in [-0.15, -0.1) is 21.5 Å². The summed E-state index contributed by atoms with van der Waals surface area (Å²) in [6, 6.07) is 14.5. The topological polar surface area (TPSA) is 95.3 Å². The Labute approximate surface area is 231 Å². The Morgan fingerprint density at radius 2 is 1.89 bits per heavy atom. The summed E-state index contributed by atoms with van der Waals surface area (Å²) in [7, 11) is 3.10. The first kappa shape index (κ1) is 27.0. The molecule has 0 fully saturated rings. The lowest BCUT2D eigenvalue weighted by Gasteiger charge is -2.09. The van der Waals surface area contributed by atoms with Crippen LogP contribution in [0.3, 0.4) is 0 Å². The van der Waals surface area contributed by atoms with Crippen molar-refractivity contribution < 1.29 is 19.1 Å². The Kier molecular flexibility index (Phi) is 8.75. The minimum absolute atomic E-state index is 0.0607. The zero-order valence-electron chi connectivity index (χ0n) is 20.1. The number of thiophene rings is 1. The number of carbonyl (C=O) groups excluding carboxylic acids is 2. The van der Waals surface area contributed by atoms with Gasteiger partial charge in [-0.25, -0.2) is 4.79 Å². The molecule has 0 aliphatic carbocycles. The molecule has 8 nitrogen and oxygen atoms in total. The monoisotopic (exact) mass is 576 g/mol. The molecule has 1 amide bonds. The van der Waals surface area contributed by atoms with E-state index in [0.717, 1.165) is 16.0 Å². The molecule has 0 radical (unpaired) electrons. The predicted octanol–water partition coefficient (Wildman–Crippen LogP) is 6.26. The van der Waals surface area contributed by atoms with Crippen LogP contribution >= 0.6 is 46.3 Å². The number of nitrogens with one attached hydrogen (secondary N) is 1. The highest BCUT2D eigenvalue weighted by molar-refractivity contribution is 7.99. The standard InChI is InChI=1S/C25H22Cl2N4O4S2/c1-14-21(15-7-5-4-6-8-15)22(24(33)34-3)23(37-14)28-20(32)13-36-25-30-29-19(31(25)2)12-35-18-11-16(26)9-10-17(18)27/h4-11H,12-13H2,1-3H3,(H,28,32). The Morgan fingerprint density at radius 3 is 2.62 bits per heavy atom. The van der Waals surface area contributed by atoms with Gasteiger partial charge < -0.3 is 19.4 Å². The third-order valence-corrected chi connectivity index (χ3v) is 7.88. The molecule has 4 aromatic rings. The number of anilines is 1. The molecule has 0 spiro atoms. The zero-order valence-corrected chi connectivity index (χ0v) is 23.2. The van der Waals surface area contributed by atoms with E-state index in [0.29, 0.717) is 37.3 Å². The van der Waals surface area contributed by atoms with E-state index in [-0.39, 0.29) is 18.3 Å². The fourth-order valence-corrected chi connectivity index (χ4v) is 5.65. The SMILES string of the molecule is COC(=O)c1c(NC(=O)CSc2nnc(COc3cc(Cl)ccc3Cl)n2C)sc(C)c1-c1ccccc1. The van der Waals surface area contributed by atoms with Gasteiger partial charge in [-0.2, -0.15) is 0 Å². The largest absolute Gasteiger partial charge is 0.484 e. The van der Waals surface area contributed by atoms with Crippen molar-refractivity contribution in [2.75, 3.05) is 18.2 Å². The quantitative estimate of drug-likeness (QED) is 0.186. The summed E-state index contributed by atoms with van der Waals surface area (Å²) in [6.07, 6.45) is 0. The number of hydrogen-bond donors (Lipinski definition) is 1. The van der Waals surface area contributed by atoms with E-state index in [1.807, 2.05) is 37.3 Å². The van der Waals surface area contributed by atoms with Crippen LogP contribution in [0, 0.1) is 6.92 Å². The number of nitrogens with zero attached hydrogens (tertiary/aromatic N) is 3. The van der Waals surface area contributed by atoms with Crippen molar-refractivity contribution in [2.24, 2.45) is 7.05 Å². The molecule has 12 heteroatoms. The van der Waals surface area contributed by atoms with Crippen molar-refractivity contribution in [1.82, 2.24) is 14.8 Å². The maximum absolute atomic E-state index is 12.8. The van der Waals surface area contributed by atoms with Crippen LogP contribution in [0.5, 0.6) is 5.75 Å². The molecule has 0 unspecified atom stereocenters. The molecule has 0 atom stereocenters. The number of esters is 1. The normalized spacial score (nSPS) is 10.8. The summed E-state index contributed by atoms with van der Waals surface area (Å²) in [5, 5.41) is 13.1. The lowest BCUT2D eigenvalue weighted by molar-refractivity contribution is -0.113. The molecule has 0 saturated carbocycles. The molecular formula is C25H22Cl2N4O4S2. The van der Waals surface area contributed by atoms with E-state index in [1.54, 1.807) is 29.8 Å². The number of thioether (sulfide) groups is 1. The smallest absolute Gasteiger partial charge is 0.341 e. The zero-order chi connectivity index (χ0) is 26.5. The van der Waals surface area contributed by atoms with E-state index in [1.165, 1.54) is 30.2 Å². The average molecular weight is 578 g/mol. The number of hydrogen-bond acceptors (Lipinski definition) is 8. The summed E-state index contributed by atoms with van der Waals surface area (Å²) in [5.74, 6) is 0.249. The Morgan fingerprint density at radius 1 is 1.14 bits per heavy atom. The molecule has 192 valence electrons.